The fourth-order valence-electron chi connectivity index (χ4n) is 15.9. The van der Waals surface area contributed by atoms with Gasteiger partial charge in [-0.15, -0.1) is 22.7 Å². The molecular weight excluding hydrogens is 1640 g/mol. The molecule has 16 rings (SSSR count). The van der Waals surface area contributed by atoms with Crippen LogP contribution in [0.1, 0.15) is 66.8 Å². The monoisotopic (exact) mass is 1720 g/mol. The van der Waals surface area contributed by atoms with Gasteiger partial charge in [-0.3, -0.25) is 39.2 Å². The summed E-state index contributed by atoms with van der Waals surface area (Å²) < 4.78 is 61.4. The molecule has 8 atom stereocenters. The number of aliphatic imine (C=N–C) groups is 2. The zero-order valence-corrected chi connectivity index (χ0v) is 67.8. The molecule has 8 aromatic rings. The predicted octanol–water partition coefficient (Wildman–Crippen LogP) is 9.74. The minimum atomic E-state index is -1.16. The second-order valence-corrected chi connectivity index (χ2v) is 31.8. The number of nitrogens with zero attached hydrogens (tertiary/aromatic N) is 12. The van der Waals surface area contributed by atoms with Crippen molar-refractivity contribution in [3.05, 3.63) is 233 Å². The number of aliphatic hydroxyl groups is 1. The fraction of sp³-hybridized carbons (Fsp3) is 0.325. The Morgan fingerprint density at radius 1 is 0.525 bits per heavy atom. The van der Waals surface area contributed by atoms with Gasteiger partial charge < -0.3 is 74.0 Å². The maximum absolute atomic E-state index is 14.1. The molecule has 624 valence electrons. The summed E-state index contributed by atoms with van der Waals surface area (Å²) in [6.45, 7) is 5.25. The molecule has 6 amide bonds. The maximum atomic E-state index is 14.1. The van der Waals surface area contributed by atoms with Crippen LogP contribution in [0.4, 0.5) is 29.7 Å². The number of amides is 6. The number of carbonyl (C=O) groups excluding carboxylic acids is 6. The Bertz CT molecular complexity index is 5350. The summed E-state index contributed by atoms with van der Waals surface area (Å²) in [5.74, 6) is -2.57. The first kappa shape index (κ1) is 83.3. The highest BCUT2D eigenvalue weighted by atomic mass is 35.5. The van der Waals surface area contributed by atoms with Crippen molar-refractivity contribution in [2.45, 2.75) is 61.3 Å². The molecule has 37 heteroatoms. The number of nitrogens with one attached hydrogen (secondary N) is 2. The van der Waals surface area contributed by atoms with Gasteiger partial charge in [-0.25, -0.2) is 47.5 Å². The summed E-state index contributed by atoms with van der Waals surface area (Å²) in [6.07, 6.45) is 2.20. The first-order chi connectivity index (χ1) is 58.0. The Balaban J connectivity index is 0.000000187. The van der Waals surface area contributed by atoms with Gasteiger partial charge in [0.15, 0.2) is 21.7 Å². The lowest BCUT2D eigenvalue weighted by Crippen LogP contribution is -2.53. The third-order valence-electron chi connectivity index (χ3n) is 21.7. The number of aromatic nitrogens is 2. The number of rotatable bonds is 24. The van der Waals surface area contributed by atoms with Crippen molar-refractivity contribution in [2.24, 2.45) is 9.98 Å². The molecule has 0 saturated carbocycles. The van der Waals surface area contributed by atoms with Gasteiger partial charge in [0.1, 0.15) is 58.8 Å². The summed E-state index contributed by atoms with van der Waals surface area (Å²) in [4.78, 5) is 136. The van der Waals surface area contributed by atoms with E-state index in [0.29, 0.717) is 163 Å². The number of esters is 2. The van der Waals surface area contributed by atoms with Crippen molar-refractivity contribution in [3.8, 4) is 23.0 Å². The number of methoxy groups -OCH3 is 3. The fourth-order valence-corrected chi connectivity index (χ4v) is 17.6. The number of aliphatic hydroxyl groups excluding tert-OH is 1. The van der Waals surface area contributed by atoms with E-state index in [2.05, 4.69) is 30.4 Å². The molecular formula is C83H80Cl2F2N14O17S2. The largest absolute Gasteiger partial charge is 0.480 e. The summed E-state index contributed by atoms with van der Waals surface area (Å²) in [5.41, 5.74) is 4.44. The van der Waals surface area contributed by atoms with E-state index in [9.17, 15) is 62.5 Å². The number of carboxylic acids is 2. The summed E-state index contributed by atoms with van der Waals surface area (Å²) >= 11 is 15.8. The number of piperazine rings is 2. The lowest BCUT2D eigenvalue weighted by molar-refractivity contribution is -0.142. The lowest BCUT2D eigenvalue weighted by atomic mass is 9.95. The number of aliphatic carboxylic acids is 2. The number of carbonyl (C=O) groups is 8. The van der Waals surface area contributed by atoms with Gasteiger partial charge in [-0.1, -0.05) is 35.3 Å². The summed E-state index contributed by atoms with van der Waals surface area (Å²) in [5, 5.41) is 40.9. The van der Waals surface area contributed by atoms with Crippen molar-refractivity contribution < 1.29 is 90.9 Å². The summed E-state index contributed by atoms with van der Waals surface area (Å²) in [6, 6.07) is 30.6. The number of benzene rings is 6. The quantitative estimate of drug-likeness (QED) is 0.0277. The second kappa shape index (κ2) is 36.4. The lowest BCUT2D eigenvalue weighted by Gasteiger charge is -2.38. The van der Waals surface area contributed by atoms with E-state index in [1.807, 2.05) is 32.7 Å². The van der Waals surface area contributed by atoms with Gasteiger partial charge in [-0.05, 0) is 121 Å². The van der Waals surface area contributed by atoms with Crippen LogP contribution in [0, 0.1) is 11.6 Å². The Labute approximate surface area is 703 Å². The minimum Gasteiger partial charge on any atom is -0.480 e. The highest BCUT2D eigenvalue weighted by Crippen LogP contribution is 2.41. The van der Waals surface area contributed by atoms with Crippen molar-refractivity contribution in [1.82, 2.24) is 50.0 Å². The SMILES string of the molecule is COC(=O)C1=C(CN2CCN3C(=O)N(c4ccc(Oc5ccc(C(=O)N6C[C@@H](O)C[C@@H]6C(=O)O)cc5)cc4)C[C@@H]3C2)NC(c2nccs2)=N[C@H]1c1ccc(F)cc1Cl.COCCO[C@H]1C[C@H](C(=O)O)N(C(=O)c2ccc(Oc3ccc(N4C[C@@H]5CN(CC6=C(C(=O)OC)[C@H](c7ccc(F)cc7Cl)N=C(c7nccs7)N6)CCN5C4=O)cc3)cc2)C1. The summed E-state index contributed by atoms with van der Waals surface area (Å²) in [7, 11) is 4.13. The molecule has 0 spiro atoms. The molecule has 5 N–H and O–H groups in total. The number of fused-ring (bicyclic) bond motifs is 2. The number of anilines is 2. The van der Waals surface area contributed by atoms with Gasteiger partial charge in [0.05, 0.1) is 62.9 Å². The second-order valence-electron chi connectivity index (χ2n) is 29.2. The highest BCUT2D eigenvalue weighted by molar-refractivity contribution is 7.12. The van der Waals surface area contributed by atoms with Crippen molar-refractivity contribution in [3.63, 3.8) is 0 Å². The third-order valence-corrected chi connectivity index (χ3v) is 23.9. The van der Waals surface area contributed by atoms with Crippen LogP contribution in [0.15, 0.2) is 189 Å². The van der Waals surface area contributed by atoms with Crippen molar-refractivity contribution in [1.29, 1.82) is 0 Å². The third kappa shape index (κ3) is 18.0. The molecule has 6 fully saturated rings. The number of urea groups is 2. The van der Waals surface area contributed by atoms with E-state index >= 15 is 0 Å². The van der Waals surface area contributed by atoms with Crippen LogP contribution in [0.25, 0.3) is 0 Å². The maximum Gasteiger partial charge on any atom is 0.338 e. The number of ether oxygens (including phenoxy) is 6. The average Bonchev–Trinajstić information content (AvgIpc) is 1.07. The minimum absolute atomic E-state index is 0.0166. The molecule has 0 aliphatic carbocycles. The van der Waals surface area contributed by atoms with E-state index in [1.54, 1.807) is 114 Å². The Morgan fingerprint density at radius 2 is 0.942 bits per heavy atom. The molecule has 0 radical (unpaired) electrons. The van der Waals surface area contributed by atoms with Gasteiger partial charge in [0.2, 0.25) is 0 Å². The topological polar surface area (TPSA) is 353 Å². The van der Waals surface area contributed by atoms with Crippen molar-refractivity contribution >= 4 is 117 Å². The Hall–Kier alpha value is -11.8. The molecule has 8 aliphatic heterocycles. The highest BCUT2D eigenvalue weighted by Gasteiger charge is 2.47. The number of amidine groups is 2. The molecule has 6 aromatic carbocycles. The Kier molecular flexibility index (Phi) is 25.3. The number of hydrogen-bond acceptors (Lipinski definition) is 25. The van der Waals surface area contributed by atoms with E-state index < -0.39 is 83.7 Å². The number of thiazole rings is 2. The predicted molar refractivity (Wildman–Crippen MR) is 437 cm³/mol. The molecule has 0 unspecified atom stereocenters. The van der Waals surface area contributed by atoms with Gasteiger partial charge >= 0.3 is 35.9 Å². The van der Waals surface area contributed by atoms with Crippen LogP contribution in [-0.2, 0) is 38.1 Å². The number of hydrogen-bond donors (Lipinski definition) is 5. The van der Waals surface area contributed by atoms with Gasteiger partial charge in [0, 0.05) is 177 Å². The number of β-amino-alcohol motifs (C(OH)–C–C–N with tert-alkyl or cyclic N) is 1. The number of likely N-dealkylation sites (tertiary alicyclic amines) is 2. The van der Waals surface area contributed by atoms with Crippen LogP contribution in [0.3, 0.4) is 0 Å². The number of carboxylic acid groups (broad SMARTS) is 2. The zero-order valence-electron chi connectivity index (χ0n) is 64.7. The molecule has 6 saturated heterocycles. The van der Waals surface area contributed by atoms with Crippen LogP contribution in [0.5, 0.6) is 23.0 Å². The van der Waals surface area contributed by atoms with Crippen LogP contribution < -0.4 is 29.9 Å². The van der Waals surface area contributed by atoms with E-state index in [1.165, 1.54) is 78.2 Å². The number of halogens is 4. The zero-order chi connectivity index (χ0) is 84.2. The van der Waals surface area contributed by atoms with Crippen molar-refractivity contribution in [2.75, 3.05) is 123 Å². The molecule has 31 nitrogen and oxygen atoms in total. The molecule has 0 bridgehead atoms. The first-order valence-electron chi connectivity index (χ1n) is 38.2. The standard InChI is InChI=1S/C43H43ClFN7O9S.C40H37ClFN7O8S/c1-58-16-17-60-31-20-35(41(54)55)52(23-31)40(53)25-3-8-29(9-4-25)61-30-10-6-27(7-11-30)51-22-28-21-49(14-15-50(28)43(51)57)24-34-36(42(56)59-2)37(32-12-5-26(45)19-33(32)44)48-38(47-34)39-46-13-18-62-39;1-56-39(54)33-31(44-35(36-43-12-15-58-36)45-34(33)29-11-4-23(42)16-30(29)41)21-46-13-14-47-25(18-46)19-48(40(47)55)24-5-9-28(10-6-24)57-27-7-2-22(3-8-27)37(51)49-20-26(50)17-32(49)38(52)53/h3-13,18-19,28,31,35,37H,14-17,20-24H2,1-2H3,(H,47,48)(H,54,55);2-12,15-16,25-26,32,34,50H,13-14,17-21H2,1H3,(H,44,45)(H,52,53)/t28-,31-,35+,37-;25-,26-,32+,34-/m00/s1. The van der Waals surface area contributed by atoms with Crippen LogP contribution in [-0.4, -0.2) is 264 Å². The molecule has 10 heterocycles. The first-order valence-corrected chi connectivity index (χ1v) is 40.7. The van der Waals surface area contributed by atoms with E-state index in [-0.39, 0.29) is 76.8 Å². The smallest absolute Gasteiger partial charge is 0.338 e. The molecule has 2 aromatic heterocycles. The van der Waals surface area contributed by atoms with E-state index in [4.69, 9.17) is 61.6 Å². The average molecular weight is 1720 g/mol. The molecule has 120 heavy (non-hydrogen) atoms. The van der Waals surface area contributed by atoms with Gasteiger partial charge in [0.25, 0.3) is 11.8 Å². The Morgan fingerprint density at radius 3 is 1.33 bits per heavy atom. The normalized spacial score (nSPS) is 21.8. The molecule has 8 aliphatic rings. The van der Waals surface area contributed by atoms with Crippen LogP contribution >= 0.6 is 45.9 Å². The van der Waals surface area contributed by atoms with E-state index in [0.717, 1.165) is 4.90 Å². The van der Waals surface area contributed by atoms with Gasteiger partial charge in [-0.2, -0.15) is 0 Å². The van der Waals surface area contributed by atoms with Crippen LogP contribution in [0.2, 0.25) is 10.0 Å².